The van der Waals surface area contributed by atoms with Gasteiger partial charge in [-0.05, 0) is 12.1 Å². The fourth-order valence-electron chi connectivity index (χ4n) is 1.39. The van der Waals surface area contributed by atoms with Gasteiger partial charge < -0.3 is 15.2 Å². The Bertz CT molecular complexity index is 514. The van der Waals surface area contributed by atoms with Gasteiger partial charge in [-0.3, -0.25) is 4.79 Å². The smallest absolute Gasteiger partial charge is 0.238 e. The summed E-state index contributed by atoms with van der Waals surface area (Å²) in [7, 11) is 0. The highest BCUT2D eigenvalue weighted by Gasteiger charge is 2.05. The highest BCUT2D eigenvalue weighted by atomic mass is 35.5. The van der Waals surface area contributed by atoms with Crippen molar-refractivity contribution in [2.45, 2.75) is 6.54 Å². The number of aromatic nitrogens is 1. The number of halogens is 1. The lowest BCUT2D eigenvalue weighted by atomic mass is 10.3. The van der Waals surface area contributed by atoms with Gasteiger partial charge in [0.05, 0.1) is 22.9 Å². The molecular weight excluding hydrogens is 254 g/mol. The molecule has 0 saturated carbocycles. The zero-order chi connectivity index (χ0) is 12.8. The Hall–Kier alpha value is -1.85. The summed E-state index contributed by atoms with van der Waals surface area (Å²) in [5.41, 5.74) is 1.35. The van der Waals surface area contributed by atoms with Crippen molar-refractivity contribution in [2.75, 3.05) is 11.9 Å². The Labute approximate surface area is 109 Å². The minimum Gasteiger partial charge on any atom is -0.364 e. The van der Waals surface area contributed by atoms with Gasteiger partial charge in [0, 0.05) is 12.6 Å². The summed E-state index contributed by atoms with van der Waals surface area (Å²) in [6.07, 6.45) is 1.49. The quantitative estimate of drug-likeness (QED) is 0.868. The number of carbonyl (C=O) groups is 1. The Morgan fingerprint density at radius 1 is 1.33 bits per heavy atom. The van der Waals surface area contributed by atoms with Crippen LogP contribution in [0.15, 0.2) is 41.1 Å². The maximum atomic E-state index is 11.6. The third kappa shape index (κ3) is 3.58. The molecule has 0 bridgehead atoms. The molecule has 1 aromatic heterocycles. The van der Waals surface area contributed by atoms with Crippen molar-refractivity contribution in [1.82, 2.24) is 10.5 Å². The van der Waals surface area contributed by atoms with E-state index in [1.54, 1.807) is 24.3 Å². The van der Waals surface area contributed by atoms with E-state index in [0.29, 0.717) is 17.3 Å². The molecule has 1 aromatic carbocycles. The van der Waals surface area contributed by atoms with Crippen molar-refractivity contribution in [3.8, 4) is 0 Å². The van der Waals surface area contributed by atoms with Crippen LogP contribution in [0.5, 0.6) is 0 Å². The van der Waals surface area contributed by atoms with Gasteiger partial charge >= 0.3 is 0 Å². The van der Waals surface area contributed by atoms with Gasteiger partial charge in [-0.15, -0.1) is 0 Å². The van der Waals surface area contributed by atoms with E-state index >= 15 is 0 Å². The molecule has 2 aromatic rings. The molecular formula is C12H12ClN3O2. The number of nitrogens with one attached hydrogen (secondary N) is 2. The Morgan fingerprint density at radius 3 is 2.89 bits per heavy atom. The van der Waals surface area contributed by atoms with Crippen LogP contribution in [-0.4, -0.2) is 17.6 Å². The van der Waals surface area contributed by atoms with E-state index in [1.807, 2.05) is 6.07 Å². The molecule has 0 unspecified atom stereocenters. The van der Waals surface area contributed by atoms with Crippen LogP contribution in [0.4, 0.5) is 5.69 Å². The summed E-state index contributed by atoms with van der Waals surface area (Å²) in [6.45, 7) is 0.657. The predicted molar refractivity (Wildman–Crippen MR) is 68.3 cm³/mol. The van der Waals surface area contributed by atoms with Crippen LogP contribution >= 0.6 is 11.6 Å². The molecule has 1 amide bonds. The normalized spacial score (nSPS) is 10.3. The molecule has 0 aliphatic carbocycles. The van der Waals surface area contributed by atoms with Gasteiger partial charge in [0.15, 0.2) is 0 Å². The van der Waals surface area contributed by atoms with Crippen LogP contribution in [0, 0.1) is 0 Å². The molecule has 18 heavy (non-hydrogen) atoms. The van der Waals surface area contributed by atoms with Crippen molar-refractivity contribution < 1.29 is 9.32 Å². The van der Waals surface area contributed by atoms with Gasteiger partial charge in [0.2, 0.25) is 5.91 Å². The minimum atomic E-state index is -0.161. The largest absolute Gasteiger partial charge is 0.364 e. The highest BCUT2D eigenvalue weighted by molar-refractivity contribution is 6.33. The average molecular weight is 266 g/mol. The lowest BCUT2D eigenvalue weighted by Gasteiger charge is -2.07. The molecule has 0 radical (unpaired) electrons. The Kier molecular flexibility index (Phi) is 4.33. The summed E-state index contributed by atoms with van der Waals surface area (Å²) >= 11 is 5.93. The Balaban J connectivity index is 1.77. The zero-order valence-corrected chi connectivity index (χ0v) is 10.3. The highest BCUT2D eigenvalue weighted by Crippen LogP contribution is 2.19. The first kappa shape index (κ1) is 12.6. The summed E-state index contributed by atoms with van der Waals surface area (Å²) in [6, 6.07) is 8.82. The van der Waals surface area contributed by atoms with Crippen LogP contribution in [-0.2, 0) is 11.3 Å². The molecule has 0 atom stereocenters. The third-order valence-electron chi connectivity index (χ3n) is 2.23. The van der Waals surface area contributed by atoms with Crippen LogP contribution in [0.25, 0.3) is 0 Å². The maximum Gasteiger partial charge on any atom is 0.238 e. The molecule has 0 spiro atoms. The van der Waals surface area contributed by atoms with Gasteiger partial charge in [0.25, 0.3) is 0 Å². The van der Waals surface area contributed by atoms with E-state index in [-0.39, 0.29) is 12.5 Å². The first-order valence-corrected chi connectivity index (χ1v) is 5.78. The van der Waals surface area contributed by atoms with Gasteiger partial charge in [-0.2, -0.15) is 0 Å². The van der Waals surface area contributed by atoms with E-state index in [2.05, 4.69) is 20.3 Å². The summed E-state index contributed by atoms with van der Waals surface area (Å²) in [5, 5.41) is 9.90. The summed E-state index contributed by atoms with van der Waals surface area (Å²) < 4.78 is 4.68. The molecule has 94 valence electrons. The first-order chi connectivity index (χ1) is 8.75. The van der Waals surface area contributed by atoms with Gasteiger partial charge in [-0.25, -0.2) is 0 Å². The number of hydrogen-bond acceptors (Lipinski definition) is 4. The molecule has 5 nitrogen and oxygen atoms in total. The monoisotopic (exact) mass is 265 g/mol. The maximum absolute atomic E-state index is 11.6. The Morgan fingerprint density at radius 2 is 2.17 bits per heavy atom. The lowest BCUT2D eigenvalue weighted by molar-refractivity contribution is -0.115. The summed E-state index contributed by atoms with van der Waals surface area (Å²) in [4.78, 5) is 11.6. The van der Waals surface area contributed by atoms with Crippen LogP contribution < -0.4 is 10.6 Å². The molecule has 1 heterocycles. The third-order valence-corrected chi connectivity index (χ3v) is 2.56. The van der Waals surface area contributed by atoms with E-state index in [1.165, 1.54) is 6.26 Å². The number of rotatable bonds is 5. The fraction of sp³-hybridized carbons (Fsp3) is 0.167. The molecule has 0 saturated heterocycles. The standard InChI is InChI=1S/C12H12ClN3O2/c13-10-3-1-2-4-11(10)15-12(17)8-14-7-9-5-6-18-16-9/h1-6,14H,7-8H2,(H,15,17). The lowest BCUT2D eigenvalue weighted by Crippen LogP contribution is -2.27. The number of amides is 1. The van der Waals surface area contributed by atoms with Gasteiger partial charge in [-0.1, -0.05) is 28.9 Å². The topological polar surface area (TPSA) is 67.2 Å². The van der Waals surface area contributed by atoms with Crippen LogP contribution in [0.1, 0.15) is 5.69 Å². The summed E-state index contributed by atoms with van der Waals surface area (Å²) in [5.74, 6) is -0.161. The van der Waals surface area contributed by atoms with Crippen molar-refractivity contribution in [3.63, 3.8) is 0 Å². The average Bonchev–Trinajstić information content (AvgIpc) is 2.85. The van der Waals surface area contributed by atoms with E-state index in [9.17, 15) is 4.79 Å². The number of para-hydroxylation sites is 1. The number of carbonyl (C=O) groups excluding carboxylic acids is 1. The van der Waals surface area contributed by atoms with E-state index < -0.39 is 0 Å². The minimum absolute atomic E-state index is 0.161. The van der Waals surface area contributed by atoms with Crippen LogP contribution in [0.3, 0.4) is 0 Å². The van der Waals surface area contributed by atoms with Crippen molar-refractivity contribution >= 4 is 23.2 Å². The van der Waals surface area contributed by atoms with Crippen molar-refractivity contribution in [2.24, 2.45) is 0 Å². The molecule has 2 N–H and O–H groups in total. The second-order valence-electron chi connectivity index (χ2n) is 3.62. The van der Waals surface area contributed by atoms with Crippen molar-refractivity contribution in [1.29, 1.82) is 0 Å². The molecule has 0 fully saturated rings. The molecule has 0 aliphatic rings. The number of hydrogen-bond donors (Lipinski definition) is 2. The van der Waals surface area contributed by atoms with E-state index in [4.69, 9.17) is 11.6 Å². The SMILES string of the molecule is O=C(CNCc1ccon1)Nc1ccccc1Cl. The predicted octanol–water partition coefficient (Wildman–Crippen LogP) is 2.06. The van der Waals surface area contributed by atoms with E-state index in [0.717, 1.165) is 5.69 Å². The fourth-order valence-corrected chi connectivity index (χ4v) is 1.57. The zero-order valence-electron chi connectivity index (χ0n) is 9.52. The second kappa shape index (κ2) is 6.18. The second-order valence-corrected chi connectivity index (χ2v) is 4.03. The van der Waals surface area contributed by atoms with Crippen LogP contribution in [0.2, 0.25) is 5.02 Å². The first-order valence-electron chi connectivity index (χ1n) is 5.40. The van der Waals surface area contributed by atoms with Gasteiger partial charge in [0.1, 0.15) is 6.26 Å². The van der Waals surface area contributed by atoms with Crippen molar-refractivity contribution in [3.05, 3.63) is 47.3 Å². The molecule has 6 heteroatoms. The molecule has 2 rings (SSSR count). The number of benzene rings is 1. The molecule has 0 aliphatic heterocycles. The number of nitrogens with zero attached hydrogens (tertiary/aromatic N) is 1. The number of anilines is 1.